The molecule has 5 aromatic rings. The minimum atomic E-state index is -5.00. The summed E-state index contributed by atoms with van der Waals surface area (Å²) in [7, 11) is 0. The van der Waals surface area contributed by atoms with Crippen molar-refractivity contribution in [3.63, 3.8) is 0 Å². The standard InChI is InChI=1S/C26H24F6N2O2.C26H18F6N2.CH4.B/c1-11-3-12(2)5-13(4-11)21-23(35)17-9-20-18(10-19(17)33-21)24(36)22(34-20)14-6-15(25(27,28)29)8-16(7-14)26(30,31)32;1-15-7-16(2)9-17(8-15)3-5-19-12-24(34)20(13-23(19)33)6-4-18-10-21(25(27,28)29)14-22(11-18)26(30,31)32;;/h3-8,17-22,33-34H,9-10H2,1-2H3;7-14H,33-34H2,1-2H3;1H4;. The average molecular weight is 1010 g/mol. The fourth-order valence-electron chi connectivity index (χ4n) is 9.27. The highest BCUT2D eigenvalue weighted by Gasteiger charge is 2.54. The van der Waals surface area contributed by atoms with Gasteiger partial charge in [-0.25, -0.2) is 0 Å². The molecule has 3 fully saturated rings. The second kappa shape index (κ2) is 20.8. The number of anilines is 2. The van der Waals surface area contributed by atoms with Crippen LogP contribution in [0.5, 0.6) is 0 Å². The summed E-state index contributed by atoms with van der Waals surface area (Å²) in [6.07, 6.45) is -19.3. The third-order valence-corrected chi connectivity index (χ3v) is 12.3. The Balaban J connectivity index is 0.000000261. The van der Waals surface area contributed by atoms with Crippen molar-refractivity contribution in [2.75, 3.05) is 11.5 Å². The van der Waals surface area contributed by atoms with E-state index in [0.29, 0.717) is 29.8 Å². The van der Waals surface area contributed by atoms with Gasteiger partial charge in [0.15, 0.2) is 11.6 Å². The Morgan fingerprint density at radius 3 is 1.10 bits per heavy atom. The molecule has 1 saturated carbocycles. The number of nitrogens with one attached hydrogen (secondary N) is 2. The van der Waals surface area contributed by atoms with Crippen molar-refractivity contribution in [1.82, 2.24) is 10.6 Å². The molecule has 6 atom stereocenters. The number of ketones is 2. The van der Waals surface area contributed by atoms with Crippen LogP contribution in [0.25, 0.3) is 0 Å². The first-order valence-corrected chi connectivity index (χ1v) is 21.5. The molecule has 0 amide bonds. The summed E-state index contributed by atoms with van der Waals surface area (Å²) in [5.41, 5.74) is 12.1. The van der Waals surface area contributed by atoms with Crippen molar-refractivity contribution in [3.8, 4) is 23.7 Å². The molecule has 2 heterocycles. The third-order valence-electron chi connectivity index (χ3n) is 12.3. The first-order chi connectivity index (χ1) is 32.4. The Kier molecular flexibility index (Phi) is 16.2. The summed E-state index contributed by atoms with van der Waals surface area (Å²) >= 11 is 0. The number of alkyl halides is 12. The van der Waals surface area contributed by atoms with Crippen LogP contribution < -0.4 is 22.1 Å². The number of benzene rings is 5. The molecule has 6 unspecified atom stereocenters. The minimum Gasteiger partial charge on any atom is -0.398 e. The van der Waals surface area contributed by atoms with Gasteiger partial charge in [0.05, 0.1) is 34.3 Å². The number of hydrogen-bond donors (Lipinski definition) is 4. The predicted molar refractivity (Wildman–Crippen MR) is 250 cm³/mol. The highest BCUT2D eigenvalue weighted by Crippen LogP contribution is 2.46. The summed E-state index contributed by atoms with van der Waals surface area (Å²) < 4.78 is 158. The highest BCUT2D eigenvalue weighted by molar-refractivity contribution is 5.94. The summed E-state index contributed by atoms with van der Waals surface area (Å²) in [6, 6.07) is 14.3. The smallest absolute Gasteiger partial charge is 0.398 e. The molecule has 0 bridgehead atoms. The second-order valence-electron chi connectivity index (χ2n) is 17.9. The summed E-state index contributed by atoms with van der Waals surface area (Å²) in [4.78, 5) is 26.5. The van der Waals surface area contributed by atoms with Gasteiger partial charge in [-0.15, -0.1) is 0 Å². The van der Waals surface area contributed by atoms with E-state index in [-0.39, 0.29) is 75.1 Å². The van der Waals surface area contributed by atoms with Gasteiger partial charge in [0.2, 0.25) is 0 Å². The van der Waals surface area contributed by atoms with Crippen LogP contribution in [-0.4, -0.2) is 32.1 Å². The average Bonchev–Trinajstić information content (AvgIpc) is 3.75. The largest absolute Gasteiger partial charge is 0.416 e. The normalized spacial score (nSPS) is 20.6. The molecule has 0 aromatic heterocycles. The van der Waals surface area contributed by atoms with Crippen molar-refractivity contribution < 1.29 is 62.3 Å². The fraction of sp³-hybridized carbons (Fsp3) is 0.321. The molecular formula is C53H46BF12N4O2. The zero-order chi connectivity index (χ0) is 51.4. The van der Waals surface area contributed by atoms with E-state index in [9.17, 15) is 62.3 Å². The molecule has 2 saturated heterocycles. The lowest BCUT2D eigenvalue weighted by molar-refractivity contribution is -0.144. The molecule has 72 heavy (non-hydrogen) atoms. The number of aryl methyl sites for hydroxylation is 4. The van der Waals surface area contributed by atoms with E-state index in [2.05, 4.69) is 34.3 Å². The van der Waals surface area contributed by atoms with E-state index in [1.807, 2.05) is 64.1 Å². The predicted octanol–water partition coefficient (Wildman–Crippen LogP) is 11.8. The number of halogens is 12. The maximum Gasteiger partial charge on any atom is 0.416 e. The van der Waals surface area contributed by atoms with Crippen LogP contribution in [0.3, 0.4) is 0 Å². The van der Waals surface area contributed by atoms with Crippen LogP contribution in [0.15, 0.2) is 84.9 Å². The second-order valence-corrected chi connectivity index (χ2v) is 17.9. The Morgan fingerprint density at radius 2 is 0.750 bits per heavy atom. The number of carbonyl (C=O) groups excluding carboxylic acids is 2. The maximum absolute atomic E-state index is 13.3. The van der Waals surface area contributed by atoms with Crippen molar-refractivity contribution in [2.24, 2.45) is 11.8 Å². The number of rotatable bonds is 2. The number of nitrogens with two attached hydrogens (primary N) is 2. The van der Waals surface area contributed by atoms with Crippen molar-refractivity contribution in [2.45, 2.75) is 96.8 Å². The van der Waals surface area contributed by atoms with Gasteiger partial charge in [-0.05, 0) is 123 Å². The molecule has 6 nitrogen and oxygen atoms in total. The van der Waals surface area contributed by atoms with Gasteiger partial charge in [-0.1, -0.05) is 66.5 Å². The zero-order valence-corrected chi connectivity index (χ0v) is 38.0. The van der Waals surface area contributed by atoms with Gasteiger partial charge in [0.25, 0.3) is 0 Å². The molecular weight excluding hydrogens is 963 g/mol. The van der Waals surface area contributed by atoms with Gasteiger partial charge in [0, 0.05) is 66.0 Å². The summed E-state index contributed by atoms with van der Waals surface area (Å²) in [6.45, 7) is 7.77. The van der Waals surface area contributed by atoms with Crippen LogP contribution in [0.2, 0.25) is 0 Å². The molecule has 377 valence electrons. The zero-order valence-electron chi connectivity index (χ0n) is 38.0. The van der Waals surface area contributed by atoms with E-state index < -0.39 is 88.3 Å². The third kappa shape index (κ3) is 12.7. The molecule has 8 rings (SSSR count). The lowest BCUT2D eigenvalue weighted by atomic mass is 9.74. The molecule has 3 radical (unpaired) electrons. The quantitative estimate of drug-likeness (QED) is 0.0607. The van der Waals surface area contributed by atoms with Crippen molar-refractivity contribution in [1.29, 1.82) is 0 Å². The number of fused-ring (bicyclic) bond motifs is 2. The highest BCUT2D eigenvalue weighted by atomic mass is 19.4. The lowest BCUT2D eigenvalue weighted by Crippen LogP contribution is -2.44. The van der Waals surface area contributed by atoms with Crippen LogP contribution in [0.4, 0.5) is 64.1 Å². The van der Waals surface area contributed by atoms with E-state index in [1.54, 1.807) is 0 Å². The van der Waals surface area contributed by atoms with Gasteiger partial charge in [-0.2, -0.15) is 52.7 Å². The lowest BCUT2D eigenvalue weighted by Gasteiger charge is -2.32. The molecule has 0 spiro atoms. The van der Waals surface area contributed by atoms with Crippen LogP contribution in [0, 0.1) is 63.2 Å². The number of nitrogen functional groups attached to an aromatic ring is 2. The van der Waals surface area contributed by atoms with Gasteiger partial charge < -0.3 is 22.1 Å². The van der Waals surface area contributed by atoms with Crippen LogP contribution in [-0.2, 0) is 34.3 Å². The number of carbonyl (C=O) groups is 2. The van der Waals surface area contributed by atoms with E-state index in [0.717, 1.165) is 33.4 Å². The Labute approximate surface area is 409 Å². The molecule has 6 N–H and O–H groups in total. The SMILES string of the molecule is C.Cc1cc(C)cc(C#Cc2cc(N)c(C#Cc3cc(C(F)(F)F)cc(C(F)(F)F)c3)cc2N)c1.Cc1cc(C)cc(C2NC3CC4C(=O)C(c5cc(C(F)(F)F)cc(C(F)(F)F)c5)NC4CC3C2=O)c1.[B]. The van der Waals surface area contributed by atoms with E-state index in [4.69, 9.17) is 11.5 Å². The first-order valence-electron chi connectivity index (χ1n) is 21.5. The van der Waals surface area contributed by atoms with Gasteiger partial charge in [0.1, 0.15) is 0 Å². The van der Waals surface area contributed by atoms with Gasteiger partial charge >= 0.3 is 24.7 Å². The molecule has 2 aliphatic heterocycles. The summed E-state index contributed by atoms with van der Waals surface area (Å²) in [5, 5.41) is 6.29. The summed E-state index contributed by atoms with van der Waals surface area (Å²) in [5.74, 6) is 9.27. The van der Waals surface area contributed by atoms with Crippen LogP contribution in [0.1, 0.15) is 110 Å². The minimum absolute atomic E-state index is 0. The Hall–Kier alpha value is -6.70. The molecule has 1 aliphatic carbocycles. The monoisotopic (exact) mass is 1010 g/mol. The van der Waals surface area contributed by atoms with Gasteiger partial charge in [-0.3, -0.25) is 9.59 Å². The Morgan fingerprint density at radius 1 is 0.444 bits per heavy atom. The van der Waals surface area contributed by atoms with Crippen LogP contribution >= 0.6 is 0 Å². The first kappa shape index (κ1) is 56.2. The Bertz CT molecular complexity index is 2920. The molecule has 19 heteroatoms. The van der Waals surface area contributed by atoms with Crippen molar-refractivity contribution in [3.05, 3.63) is 163 Å². The van der Waals surface area contributed by atoms with E-state index >= 15 is 0 Å². The maximum atomic E-state index is 13.3. The number of Topliss-reactive ketones (excluding diaryl/α,β-unsaturated/α-hetero) is 2. The number of hydrogen-bond acceptors (Lipinski definition) is 6. The molecule has 3 aliphatic rings. The van der Waals surface area contributed by atoms with Crippen molar-refractivity contribution >= 4 is 31.4 Å². The van der Waals surface area contributed by atoms with E-state index in [1.165, 1.54) is 12.1 Å². The molecule has 5 aromatic carbocycles. The fourth-order valence-corrected chi connectivity index (χ4v) is 9.27. The topological polar surface area (TPSA) is 110 Å².